The Morgan fingerprint density at radius 3 is 2.09 bits per heavy atom. The number of nitrogens with two attached hydrogens (primary N) is 2. The smallest absolute Gasteiger partial charge is 0.0979 e. The highest BCUT2D eigenvalue weighted by atomic mass is 16.5. The molecule has 0 saturated carbocycles. The topological polar surface area (TPSA) is 70.5 Å². The summed E-state index contributed by atoms with van der Waals surface area (Å²) in [5.41, 5.74) is 9.97. The Hall–Kier alpha value is -0.740. The maximum absolute atomic E-state index is 5.13. The molecule has 4 nitrogen and oxygen atoms in total. The molecule has 0 aromatic heterocycles. The van der Waals surface area contributed by atoms with Crippen molar-refractivity contribution in [2.24, 2.45) is 11.5 Å². The van der Waals surface area contributed by atoms with E-state index in [0.29, 0.717) is 0 Å². The molecule has 0 aliphatic heterocycles. The zero-order chi connectivity index (χ0) is 8.95. The van der Waals surface area contributed by atoms with Gasteiger partial charge in [0.2, 0.25) is 0 Å². The predicted octanol–water partition coefficient (Wildman–Crippen LogP) is 0.0443. The highest BCUT2D eigenvalue weighted by Gasteiger charge is 1.74. The SMILES string of the molecule is CO/C=C/N.COCCCN. The molecular formula is C7H18N2O2. The first-order valence-electron chi connectivity index (χ1n) is 3.42. The summed E-state index contributed by atoms with van der Waals surface area (Å²) < 4.78 is 9.09. The molecular weight excluding hydrogens is 144 g/mol. The third-order valence-corrected chi connectivity index (χ3v) is 0.767. The van der Waals surface area contributed by atoms with Gasteiger partial charge < -0.3 is 20.9 Å². The summed E-state index contributed by atoms with van der Waals surface area (Å²) in [6.45, 7) is 1.52. The molecule has 0 spiro atoms. The lowest BCUT2D eigenvalue weighted by molar-refractivity contribution is 0.197. The van der Waals surface area contributed by atoms with Gasteiger partial charge in [0.15, 0.2) is 0 Å². The van der Waals surface area contributed by atoms with E-state index in [1.165, 1.54) is 12.5 Å². The van der Waals surface area contributed by atoms with Gasteiger partial charge in [-0.3, -0.25) is 0 Å². The molecule has 0 atom stereocenters. The molecule has 0 saturated heterocycles. The van der Waals surface area contributed by atoms with Crippen molar-refractivity contribution in [1.82, 2.24) is 0 Å². The average Bonchev–Trinajstić information content (AvgIpc) is 2.04. The Morgan fingerprint density at radius 1 is 1.36 bits per heavy atom. The van der Waals surface area contributed by atoms with Crippen molar-refractivity contribution in [2.45, 2.75) is 6.42 Å². The van der Waals surface area contributed by atoms with E-state index in [9.17, 15) is 0 Å². The first-order chi connectivity index (χ1) is 5.33. The summed E-state index contributed by atoms with van der Waals surface area (Å²) >= 11 is 0. The summed E-state index contributed by atoms with van der Waals surface area (Å²) in [6.07, 6.45) is 3.70. The minimum absolute atomic E-state index is 0.730. The summed E-state index contributed by atoms with van der Waals surface area (Å²) in [7, 11) is 3.22. The van der Waals surface area contributed by atoms with Gasteiger partial charge >= 0.3 is 0 Å². The molecule has 0 aromatic carbocycles. The monoisotopic (exact) mass is 162 g/mol. The quantitative estimate of drug-likeness (QED) is 0.452. The van der Waals surface area contributed by atoms with Crippen LogP contribution in [0.5, 0.6) is 0 Å². The van der Waals surface area contributed by atoms with Crippen LogP contribution in [-0.4, -0.2) is 27.4 Å². The fourth-order valence-corrected chi connectivity index (χ4v) is 0.306. The Bertz CT molecular complexity index is 72.8. The molecule has 0 bridgehead atoms. The maximum atomic E-state index is 5.13. The van der Waals surface area contributed by atoms with Crippen LogP contribution < -0.4 is 11.5 Å². The Labute approximate surface area is 68.2 Å². The lowest BCUT2D eigenvalue weighted by Gasteiger charge is -1.89. The van der Waals surface area contributed by atoms with Crippen LogP contribution in [0, 0.1) is 0 Å². The van der Waals surface area contributed by atoms with Crippen LogP contribution in [-0.2, 0) is 9.47 Å². The van der Waals surface area contributed by atoms with Crippen LogP contribution in [0.4, 0.5) is 0 Å². The Morgan fingerprint density at radius 2 is 2.00 bits per heavy atom. The van der Waals surface area contributed by atoms with Crippen molar-refractivity contribution < 1.29 is 9.47 Å². The highest BCUT2D eigenvalue weighted by Crippen LogP contribution is 1.70. The van der Waals surface area contributed by atoms with Gasteiger partial charge in [-0.2, -0.15) is 0 Å². The zero-order valence-electron chi connectivity index (χ0n) is 7.25. The van der Waals surface area contributed by atoms with Crippen molar-refractivity contribution in [3.8, 4) is 0 Å². The molecule has 0 aliphatic rings. The van der Waals surface area contributed by atoms with Crippen LogP contribution in [0.1, 0.15) is 6.42 Å². The third kappa shape index (κ3) is 26.9. The first-order valence-corrected chi connectivity index (χ1v) is 3.42. The van der Waals surface area contributed by atoms with Crippen molar-refractivity contribution in [2.75, 3.05) is 27.4 Å². The van der Waals surface area contributed by atoms with E-state index in [0.717, 1.165) is 19.6 Å². The van der Waals surface area contributed by atoms with E-state index in [1.807, 2.05) is 0 Å². The minimum Gasteiger partial charge on any atom is -0.503 e. The summed E-state index contributed by atoms with van der Waals surface area (Å²) in [4.78, 5) is 0. The van der Waals surface area contributed by atoms with Gasteiger partial charge in [0.05, 0.1) is 13.4 Å². The molecule has 4 N–H and O–H groups in total. The molecule has 0 radical (unpaired) electrons. The lowest BCUT2D eigenvalue weighted by atomic mass is 10.5. The van der Waals surface area contributed by atoms with Gasteiger partial charge in [-0.1, -0.05) is 0 Å². The molecule has 4 heteroatoms. The van der Waals surface area contributed by atoms with Gasteiger partial charge in [0, 0.05) is 19.9 Å². The molecule has 0 aliphatic carbocycles. The molecule has 0 unspecified atom stereocenters. The molecule has 0 amide bonds. The van der Waals surface area contributed by atoms with Gasteiger partial charge in [0.25, 0.3) is 0 Å². The molecule has 68 valence electrons. The van der Waals surface area contributed by atoms with E-state index in [4.69, 9.17) is 16.2 Å². The van der Waals surface area contributed by atoms with Gasteiger partial charge in [-0.15, -0.1) is 0 Å². The standard InChI is InChI=1S/C4H11NO.C3H7NO/c1-6-4-2-3-5;1-5-3-2-4/h2-5H2,1H3;2-3H,4H2,1H3/b;3-2+. The molecule has 0 heterocycles. The van der Waals surface area contributed by atoms with Crippen LogP contribution >= 0.6 is 0 Å². The second kappa shape index (κ2) is 16.1. The van der Waals surface area contributed by atoms with E-state index in [-0.39, 0.29) is 0 Å². The zero-order valence-corrected chi connectivity index (χ0v) is 7.25. The fourth-order valence-electron chi connectivity index (χ4n) is 0.306. The summed E-state index contributed by atoms with van der Waals surface area (Å²) in [5, 5.41) is 0. The van der Waals surface area contributed by atoms with E-state index < -0.39 is 0 Å². The van der Waals surface area contributed by atoms with E-state index in [1.54, 1.807) is 14.2 Å². The van der Waals surface area contributed by atoms with E-state index >= 15 is 0 Å². The van der Waals surface area contributed by atoms with Gasteiger partial charge in [-0.05, 0) is 13.0 Å². The summed E-state index contributed by atoms with van der Waals surface area (Å²) in [6, 6.07) is 0. The highest BCUT2D eigenvalue weighted by molar-refractivity contribution is 4.60. The number of hydrogen-bond donors (Lipinski definition) is 2. The van der Waals surface area contributed by atoms with Gasteiger partial charge in [-0.25, -0.2) is 0 Å². The van der Waals surface area contributed by atoms with Crippen LogP contribution in [0.2, 0.25) is 0 Å². The normalized spacial score (nSPS) is 9.00. The predicted molar refractivity (Wildman–Crippen MR) is 45.9 cm³/mol. The first kappa shape index (κ1) is 12.9. The van der Waals surface area contributed by atoms with E-state index in [2.05, 4.69) is 4.74 Å². The molecule has 0 rings (SSSR count). The van der Waals surface area contributed by atoms with Crippen molar-refractivity contribution in [3.63, 3.8) is 0 Å². The number of ether oxygens (including phenoxy) is 2. The van der Waals surface area contributed by atoms with Crippen LogP contribution in [0.25, 0.3) is 0 Å². The fraction of sp³-hybridized carbons (Fsp3) is 0.714. The molecule has 0 aromatic rings. The Balaban J connectivity index is 0. The van der Waals surface area contributed by atoms with Crippen molar-refractivity contribution in [3.05, 3.63) is 12.5 Å². The maximum Gasteiger partial charge on any atom is 0.0979 e. The Kier molecular flexibility index (Phi) is 18.9. The minimum atomic E-state index is 0.730. The molecule has 0 fully saturated rings. The largest absolute Gasteiger partial charge is 0.503 e. The van der Waals surface area contributed by atoms with Gasteiger partial charge in [0.1, 0.15) is 0 Å². The second-order valence-corrected chi connectivity index (χ2v) is 1.70. The third-order valence-electron chi connectivity index (χ3n) is 0.767. The van der Waals surface area contributed by atoms with Crippen LogP contribution in [0.15, 0.2) is 12.5 Å². The average molecular weight is 162 g/mol. The molecule has 11 heavy (non-hydrogen) atoms. The van der Waals surface area contributed by atoms with Crippen LogP contribution in [0.3, 0.4) is 0 Å². The second-order valence-electron chi connectivity index (χ2n) is 1.70. The lowest BCUT2D eigenvalue weighted by Crippen LogP contribution is -2.01. The number of rotatable bonds is 4. The summed E-state index contributed by atoms with van der Waals surface area (Å²) in [5.74, 6) is 0. The number of hydrogen-bond acceptors (Lipinski definition) is 4. The number of methoxy groups -OCH3 is 2. The van der Waals surface area contributed by atoms with Crippen molar-refractivity contribution in [1.29, 1.82) is 0 Å². The van der Waals surface area contributed by atoms with Crippen molar-refractivity contribution >= 4 is 0 Å².